The zero-order valence-corrected chi connectivity index (χ0v) is 19.1. The Morgan fingerprint density at radius 3 is 0.844 bits per heavy atom. The summed E-state index contributed by atoms with van der Waals surface area (Å²) in [6.07, 6.45) is -12.4. The van der Waals surface area contributed by atoms with Crippen LogP contribution in [0.4, 0.5) is 0 Å². The van der Waals surface area contributed by atoms with Gasteiger partial charge in [-0.25, -0.2) is 0 Å². The van der Waals surface area contributed by atoms with Gasteiger partial charge in [0.05, 0.1) is 0 Å². The first kappa shape index (κ1) is 34.2. The predicted octanol–water partition coefficient (Wildman–Crippen LogP) is -11.2. The van der Waals surface area contributed by atoms with Crippen LogP contribution in [0.25, 0.3) is 0 Å². The van der Waals surface area contributed by atoms with Crippen LogP contribution in [0.1, 0.15) is 0 Å². The maximum absolute atomic E-state index is 6.06. The van der Waals surface area contributed by atoms with Gasteiger partial charge in [-0.15, -0.1) is 0 Å². The molecule has 32 heavy (non-hydrogen) atoms. The van der Waals surface area contributed by atoms with Gasteiger partial charge in [0.15, 0.2) is 0 Å². The Kier molecular flexibility index (Phi) is 17.3. The number of hydrogen-bond donors (Lipinski definition) is 0. The number of hydrogen-bond acceptors (Lipinski definition) is 1. The van der Waals surface area contributed by atoms with Gasteiger partial charge in [0.2, 0.25) is 0 Å². The van der Waals surface area contributed by atoms with Gasteiger partial charge in [0.25, 0.3) is 0 Å². The molecule has 0 aliphatic heterocycles. The van der Waals surface area contributed by atoms with E-state index in [2.05, 4.69) is 0 Å². The zero-order valence-electron chi connectivity index (χ0n) is 18.3. The fraction of sp³-hybridized carbons (Fsp3) is 0. The van der Waals surface area contributed by atoms with Crippen molar-refractivity contribution < 1.29 is 0 Å². The van der Waals surface area contributed by atoms with Gasteiger partial charge < -0.3 is 0 Å². The Morgan fingerprint density at radius 1 is 0.375 bits per heavy atom. The van der Waals surface area contributed by atoms with Crippen LogP contribution in [0.3, 0.4) is 0 Å². The molecule has 31 radical (unpaired) electrons. The Balaban J connectivity index is 7.14. The Labute approximate surface area is 229 Å². The van der Waals surface area contributed by atoms with Crippen LogP contribution < -0.4 is 0 Å². The van der Waals surface area contributed by atoms with Gasteiger partial charge in [-0.2, -0.15) is 0 Å². The summed E-state index contributed by atoms with van der Waals surface area (Å²) in [5, 5.41) is 0. The fourth-order valence-electron chi connectivity index (χ4n) is 4.80. The molecule has 0 amide bonds. The maximum atomic E-state index is 6.06. The molecule has 0 bridgehead atoms. The van der Waals surface area contributed by atoms with Gasteiger partial charge in [-0.3, -0.25) is 0 Å². The van der Waals surface area contributed by atoms with E-state index in [0.29, 0.717) is 0 Å². The summed E-state index contributed by atoms with van der Waals surface area (Å²) < 4.78 is 0. The Bertz CT molecular complexity index is 455. The monoisotopic (exact) mass is 373 g/mol. The standard InChI is InChI=1S/B31S/c1-16-25(18(2)3)30(27(19(4)5)20(6)7)26(17-32)31(28(21(8)9)22(10)11)29(23(12)13)24(14)15. The van der Waals surface area contributed by atoms with Crippen molar-refractivity contribution in [2.45, 2.75) is 0 Å². The van der Waals surface area contributed by atoms with E-state index in [1.807, 2.05) is 0 Å². The third kappa shape index (κ3) is 9.27. The summed E-state index contributed by atoms with van der Waals surface area (Å²) in [5.74, 6) is 0. The van der Waals surface area contributed by atoms with E-state index in [4.69, 9.17) is 128 Å². The molecule has 0 atom stereocenters. The van der Waals surface area contributed by atoms with Gasteiger partial charge in [-0.1, -0.05) is 0 Å². The average Bonchev–Trinajstić information content (AvgIpc) is 2.60. The van der Waals surface area contributed by atoms with Crippen molar-refractivity contribution in [3.63, 3.8) is 0 Å². The summed E-state index contributed by atoms with van der Waals surface area (Å²) in [6, 6.07) is 1.42. The molecular formula is B31S. The van der Waals surface area contributed by atoms with E-state index >= 15 is 0 Å². The van der Waals surface area contributed by atoms with Gasteiger partial charge in [-0.05, 0) is 0 Å². The molecule has 0 rings (SSSR count). The van der Waals surface area contributed by atoms with Crippen LogP contribution in [0.2, 0.25) is 0 Å². The molecule has 0 heterocycles. The molecule has 0 unspecified atom stereocenters. The topological polar surface area (TPSA) is 0 Å². The SMILES string of the molecule is [B][B]B(B([B])[B])B(B(B=S)B(B(B([B])[B])B([B])[B])B(B([B])[B])B([B])[B])B(B([B])[B])B([B])[B]. The molecule has 0 saturated heterocycles. The second kappa shape index (κ2) is 16.2. The van der Waals surface area contributed by atoms with Crippen LogP contribution in [0.5, 0.6) is 0 Å². The van der Waals surface area contributed by atoms with E-state index in [9.17, 15) is 0 Å². The first-order valence-corrected chi connectivity index (χ1v) is 10.7. The molecule has 0 aliphatic carbocycles. The summed E-state index contributed by atoms with van der Waals surface area (Å²) in [7, 11) is 91.9. The molecule has 0 aliphatic rings. The second-order valence-electron chi connectivity index (χ2n) is 8.41. The van der Waals surface area contributed by atoms with Crippen molar-refractivity contribution in [3.05, 3.63) is 0 Å². The van der Waals surface area contributed by atoms with Crippen LogP contribution in [-0.2, 0) is 0 Å². The first-order chi connectivity index (χ1) is 14.6. The van der Waals surface area contributed by atoms with Gasteiger partial charge >= 0.3 is 231 Å². The van der Waals surface area contributed by atoms with Crippen LogP contribution in [0, 0.1) is 0 Å². The van der Waals surface area contributed by atoms with Gasteiger partial charge in [0.1, 0.15) is 0 Å². The Hall–Kier alpha value is 2.23. The molecule has 0 nitrogen and oxygen atoms in total. The molecule has 0 spiro atoms. The quantitative estimate of drug-likeness (QED) is 0.259. The van der Waals surface area contributed by atoms with Crippen molar-refractivity contribution in [2.24, 2.45) is 0 Å². The molecular weight excluding hydrogens is 367 g/mol. The third-order valence-corrected chi connectivity index (χ3v) is 6.47. The van der Waals surface area contributed by atoms with Crippen molar-refractivity contribution in [3.8, 4) is 0 Å². The van der Waals surface area contributed by atoms with Crippen molar-refractivity contribution in [2.75, 3.05) is 0 Å². The van der Waals surface area contributed by atoms with E-state index in [1.54, 1.807) is 0 Å². The molecule has 0 fully saturated rings. The predicted molar refractivity (Wildman–Crippen MR) is 186 cm³/mol. The molecule has 32 heteroatoms. The van der Waals surface area contributed by atoms with E-state index in [1.165, 1.54) is 13.1 Å². The summed E-state index contributed by atoms with van der Waals surface area (Å²) in [4.78, 5) is 0. The molecule has 99 valence electrons. The molecule has 0 aromatic carbocycles. The minimum atomic E-state index is -1.03. The van der Waals surface area contributed by atoms with Crippen LogP contribution in [-0.4, -0.2) is 219 Å². The summed E-state index contributed by atoms with van der Waals surface area (Å²) >= 11 is 5.41. The fourth-order valence-corrected chi connectivity index (χ4v) is 5.16. The minimum absolute atomic E-state index is 0.719. The third-order valence-electron chi connectivity index (χ3n) is 6.16. The summed E-state index contributed by atoms with van der Waals surface area (Å²) in [5.41, 5.74) is 0. The van der Waals surface area contributed by atoms with Crippen molar-refractivity contribution in [1.82, 2.24) is 0 Å². The molecule has 0 aromatic heterocycles. The Morgan fingerprint density at radius 2 is 0.656 bits per heavy atom. The van der Waals surface area contributed by atoms with Crippen molar-refractivity contribution >= 4 is 231 Å². The second-order valence-corrected chi connectivity index (χ2v) is 8.68. The normalized spacial score (nSPS) is 9.25. The molecule has 0 N–H and O–H groups in total. The molecule has 0 aromatic rings. The average molecular weight is 367 g/mol. The van der Waals surface area contributed by atoms with Crippen LogP contribution >= 0.6 is 12.1 Å². The first-order valence-electron chi connectivity index (χ1n) is 10.2. The molecule has 0 saturated carbocycles. The van der Waals surface area contributed by atoms with Crippen molar-refractivity contribution in [1.29, 1.82) is 0 Å². The van der Waals surface area contributed by atoms with E-state index < -0.39 is 89.4 Å². The van der Waals surface area contributed by atoms with Gasteiger partial charge in [0, 0.05) is 0 Å². The van der Waals surface area contributed by atoms with E-state index in [-0.39, 0.29) is 0 Å². The number of rotatable bonds is 15. The van der Waals surface area contributed by atoms with Crippen LogP contribution in [0.15, 0.2) is 0 Å². The van der Waals surface area contributed by atoms with E-state index in [0.717, 1.165) is 0 Å². The summed E-state index contributed by atoms with van der Waals surface area (Å²) in [6.45, 7) is 0. The zero-order chi connectivity index (χ0) is 25.5.